The number of fused-ring (bicyclic) bond motifs is 1. The molecule has 0 spiro atoms. The van der Waals surface area contributed by atoms with Crippen LogP contribution in [0.25, 0.3) is 22.6 Å². The average molecular weight is 343 g/mol. The number of nitrogens with zero attached hydrogens (tertiary/aromatic N) is 4. The van der Waals surface area contributed by atoms with E-state index in [0.29, 0.717) is 36.7 Å². The van der Waals surface area contributed by atoms with Crippen molar-refractivity contribution in [3.05, 3.63) is 45.4 Å². The quantitative estimate of drug-likeness (QED) is 0.727. The number of hydrogen-bond acceptors (Lipinski definition) is 5. The predicted octanol–water partition coefficient (Wildman–Crippen LogP) is 1.25. The third kappa shape index (κ3) is 3.25. The standard InChI is InChI=1S/C17H21N5O3/c1-11(2)10-22-15-13(16(23)20-17(22)24)21(8-9-25-3)14(19-15)12-4-6-18-7-5-12/h4-7,11H,8-10H2,1-3H3,(H,20,23,24). The summed E-state index contributed by atoms with van der Waals surface area (Å²) in [5, 5.41) is 0. The zero-order valence-electron chi connectivity index (χ0n) is 14.5. The van der Waals surface area contributed by atoms with E-state index < -0.39 is 11.2 Å². The van der Waals surface area contributed by atoms with Crippen molar-refractivity contribution in [1.29, 1.82) is 0 Å². The monoisotopic (exact) mass is 343 g/mol. The van der Waals surface area contributed by atoms with Crippen LogP contribution in [0.3, 0.4) is 0 Å². The molecule has 1 N–H and O–H groups in total. The predicted molar refractivity (Wildman–Crippen MR) is 94.6 cm³/mol. The highest BCUT2D eigenvalue weighted by Gasteiger charge is 2.19. The minimum absolute atomic E-state index is 0.236. The molecule has 0 aliphatic heterocycles. The van der Waals surface area contributed by atoms with Gasteiger partial charge in [0.15, 0.2) is 11.2 Å². The van der Waals surface area contributed by atoms with Gasteiger partial charge in [0.25, 0.3) is 5.56 Å². The van der Waals surface area contributed by atoms with E-state index in [2.05, 4.69) is 15.0 Å². The van der Waals surface area contributed by atoms with Crippen molar-refractivity contribution in [3.8, 4) is 11.4 Å². The van der Waals surface area contributed by atoms with E-state index >= 15 is 0 Å². The molecule has 0 saturated heterocycles. The molecule has 3 aromatic heterocycles. The van der Waals surface area contributed by atoms with Gasteiger partial charge < -0.3 is 9.30 Å². The number of hydrogen-bond donors (Lipinski definition) is 1. The normalized spacial score (nSPS) is 11.5. The van der Waals surface area contributed by atoms with Gasteiger partial charge in [0.05, 0.1) is 6.61 Å². The van der Waals surface area contributed by atoms with Crippen LogP contribution in [0.5, 0.6) is 0 Å². The van der Waals surface area contributed by atoms with Crippen molar-refractivity contribution in [2.24, 2.45) is 5.92 Å². The topological polar surface area (TPSA) is 94.8 Å². The fraction of sp³-hybridized carbons (Fsp3) is 0.412. The lowest BCUT2D eigenvalue weighted by molar-refractivity contribution is 0.188. The van der Waals surface area contributed by atoms with Gasteiger partial charge >= 0.3 is 5.69 Å². The van der Waals surface area contributed by atoms with Gasteiger partial charge in [-0.1, -0.05) is 13.8 Å². The smallest absolute Gasteiger partial charge is 0.330 e. The second kappa shape index (κ2) is 7.02. The summed E-state index contributed by atoms with van der Waals surface area (Å²) in [5.41, 5.74) is 0.715. The SMILES string of the molecule is COCCn1c(-c2ccncc2)nc2c1c(=O)[nH]c(=O)n2CC(C)C. The van der Waals surface area contributed by atoms with Gasteiger partial charge in [-0.2, -0.15) is 0 Å². The Morgan fingerprint density at radius 3 is 2.56 bits per heavy atom. The minimum atomic E-state index is -0.441. The highest BCUT2D eigenvalue weighted by molar-refractivity contribution is 5.76. The van der Waals surface area contributed by atoms with E-state index in [1.807, 2.05) is 26.0 Å². The van der Waals surface area contributed by atoms with Crippen LogP contribution >= 0.6 is 0 Å². The van der Waals surface area contributed by atoms with Crippen LogP contribution in [0, 0.1) is 5.92 Å². The number of imidazole rings is 1. The maximum absolute atomic E-state index is 12.5. The van der Waals surface area contributed by atoms with Crippen LogP contribution in [0.15, 0.2) is 34.1 Å². The fourth-order valence-corrected chi connectivity index (χ4v) is 2.83. The number of H-pyrrole nitrogens is 1. The summed E-state index contributed by atoms with van der Waals surface area (Å²) in [6.45, 7) is 5.37. The molecule has 8 heteroatoms. The Hall–Kier alpha value is -2.74. The molecule has 0 aliphatic rings. The number of pyridine rings is 1. The number of ether oxygens (including phenoxy) is 1. The van der Waals surface area contributed by atoms with E-state index in [1.54, 1.807) is 24.1 Å². The Morgan fingerprint density at radius 2 is 1.92 bits per heavy atom. The first-order valence-corrected chi connectivity index (χ1v) is 8.15. The Morgan fingerprint density at radius 1 is 1.20 bits per heavy atom. The Bertz CT molecular complexity index is 985. The molecule has 0 bridgehead atoms. The Labute approximate surface area is 144 Å². The molecule has 0 aromatic carbocycles. The maximum Gasteiger partial charge on any atom is 0.330 e. The van der Waals surface area contributed by atoms with E-state index in [1.165, 1.54) is 4.57 Å². The summed E-state index contributed by atoms with van der Waals surface area (Å²) in [6, 6.07) is 3.65. The van der Waals surface area contributed by atoms with E-state index in [9.17, 15) is 9.59 Å². The number of aromatic nitrogens is 5. The van der Waals surface area contributed by atoms with Crippen molar-refractivity contribution < 1.29 is 4.74 Å². The highest BCUT2D eigenvalue weighted by atomic mass is 16.5. The highest BCUT2D eigenvalue weighted by Crippen LogP contribution is 2.22. The molecule has 0 fully saturated rings. The van der Waals surface area contributed by atoms with Crippen molar-refractivity contribution in [3.63, 3.8) is 0 Å². The molecule has 0 unspecified atom stereocenters. The zero-order chi connectivity index (χ0) is 18.0. The molecule has 0 aliphatic carbocycles. The summed E-state index contributed by atoms with van der Waals surface area (Å²) in [7, 11) is 1.60. The third-order valence-electron chi connectivity index (χ3n) is 3.89. The third-order valence-corrected chi connectivity index (χ3v) is 3.89. The van der Waals surface area contributed by atoms with Crippen LogP contribution in [-0.2, 0) is 17.8 Å². The van der Waals surface area contributed by atoms with Crippen LogP contribution in [0.1, 0.15) is 13.8 Å². The van der Waals surface area contributed by atoms with Crippen molar-refractivity contribution in [2.75, 3.05) is 13.7 Å². The molecule has 8 nitrogen and oxygen atoms in total. The van der Waals surface area contributed by atoms with Crippen molar-refractivity contribution in [2.45, 2.75) is 26.9 Å². The number of rotatable bonds is 6. The second-order valence-electron chi connectivity index (χ2n) is 6.25. The number of methoxy groups -OCH3 is 1. The van der Waals surface area contributed by atoms with E-state index in [-0.39, 0.29) is 5.92 Å². The lowest BCUT2D eigenvalue weighted by atomic mass is 10.2. The molecule has 3 aromatic rings. The molecule has 3 rings (SSSR count). The molecule has 3 heterocycles. The molecule has 0 atom stereocenters. The van der Waals surface area contributed by atoms with Crippen LogP contribution in [-0.4, -0.2) is 37.8 Å². The van der Waals surface area contributed by atoms with Crippen LogP contribution < -0.4 is 11.2 Å². The van der Waals surface area contributed by atoms with Gasteiger partial charge in [-0.15, -0.1) is 0 Å². The van der Waals surface area contributed by atoms with Gasteiger partial charge in [0.2, 0.25) is 0 Å². The van der Waals surface area contributed by atoms with E-state index in [0.717, 1.165) is 5.56 Å². The van der Waals surface area contributed by atoms with Gasteiger partial charge in [-0.3, -0.25) is 19.3 Å². The maximum atomic E-state index is 12.5. The summed E-state index contributed by atoms with van der Waals surface area (Å²) in [4.78, 5) is 35.8. The van der Waals surface area contributed by atoms with Gasteiger partial charge in [0, 0.05) is 38.2 Å². The van der Waals surface area contributed by atoms with E-state index in [4.69, 9.17) is 4.74 Å². The molecule has 0 radical (unpaired) electrons. The minimum Gasteiger partial charge on any atom is -0.383 e. The molecule has 0 saturated carbocycles. The van der Waals surface area contributed by atoms with Crippen molar-refractivity contribution in [1.82, 2.24) is 24.1 Å². The summed E-state index contributed by atoms with van der Waals surface area (Å²) < 4.78 is 8.49. The lowest BCUT2D eigenvalue weighted by Crippen LogP contribution is -2.32. The average Bonchev–Trinajstić information content (AvgIpc) is 2.97. The Kier molecular flexibility index (Phi) is 4.80. The summed E-state index contributed by atoms with van der Waals surface area (Å²) >= 11 is 0. The lowest BCUT2D eigenvalue weighted by Gasteiger charge is -2.10. The van der Waals surface area contributed by atoms with Gasteiger partial charge in [-0.25, -0.2) is 9.78 Å². The number of nitrogens with one attached hydrogen (secondary N) is 1. The van der Waals surface area contributed by atoms with Crippen molar-refractivity contribution >= 4 is 11.2 Å². The second-order valence-corrected chi connectivity index (χ2v) is 6.25. The molecular formula is C17H21N5O3. The van der Waals surface area contributed by atoms with Gasteiger partial charge in [-0.05, 0) is 18.1 Å². The first-order valence-electron chi connectivity index (χ1n) is 8.15. The molecule has 25 heavy (non-hydrogen) atoms. The molecule has 132 valence electrons. The van der Waals surface area contributed by atoms with Crippen LogP contribution in [0.4, 0.5) is 0 Å². The first kappa shape index (κ1) is 17.1. The summed E-state index contributed by atoms with van der Waals surface area (Å²) in [6.07, 6.45) is 3.33. The largest absolute Gasteiger partial charge is 0.383 e. The first-order chi connectivity index (χ1) is 12.0. The fourth-order valence-electron chi connectivity index (χ4n) is 2.83. The zero-order valence-corrected chi connectivity index (χ0v) is 14.5. The Balaban J connectivity index is 2.34. The molecular weight excluding hydrogens is 322 g/mol. The van der Waals surface area contributed by atoms with Gasteiger partial charge in [0.1, 0.15) is 5.82 Å². The molecule has 0 amide bonds. The van der Waals surface area contributed by atoms with Crippen LogP contribution in [0.2, 0.25) is 0 Å². The number of aromatic amines is 1. The summed E-state index contributed by atoms with van der Waals surface area (Å²) in [5.74, 6) is 0.850.